The van der Waals surface area contributed by atoms with Crippen molar-refractivity contribution in [1.29, 1.82) is 0 Å². The van der Waals surface area contributed by atoms with Gasteiger partial charge in [-0.05, 0) is 37.7 Å². The molecule has 1 aromatic rings. The van der Waals surface area contributed by atoms with Crippen LogP contribution in [0, 0.1) is 17.0 Å². The van der Waals surface area contributed by atoms with E-state index in [0.29, 0.717) is 18.7 Å². The monoisotopic (exact) mass is 449 g/mol. The molecule has 9 heteroatoms. The molecule has 1 aromatic carbocycles. The number of non-ortho nitro benzene ring substituents is 1. The van der Waals surface area contributed by atoms with E-state index < -0.39 is 16.9 Å². The van der Waals surface area contributed by atoms with Crippen LogP contribution in [0.4, 0.5) is 5.69 Å². The number of aliphatic carboxylic acids is 1. The molecule has 1 fully saturated rings. The van der Waals surface area contributed by atoms with E-state index in [1.54, 1.807) is 6.07 Å². The number of aryl methyl sites for hydroxylation is 1. The van der Waals surface area contributed by atoms with E-state index in [-0.39, 0.29) is 5.69 Å². The second-order valence-corrected chi connectivity index (χ2v) is 8.38. The van der Waals surface area contributed by atoms with Crippen LogP contribution in [0.3, 0.4) is 0 Å². The van der Waals surface area contributed by atoms with Crippen LogP contribution in [0.5, 0.6) is 0 Å². The van der Waals surface area contributed by atoms with E-state index >= 15 is 0 Å². The van der Waals surface area contributed by atoms with Crippen molar-refractivity contribution < 1.29 is 14.8 Å². The van der Waals surface area contributed by atoms with Crippen LogP contribution in [-0.4, -0.2) is 108 Å². The molecule has 9 nitrogen and oxygen atoms in total. The number of likely N-dealkylation sites (N-methyl/N-ethyl adjacent to an activating group) is 3. The van der Waals surface area contributed by atoms with E-state index in [1.165, 1.54) is 12.1 Å². The standard InChI is InChI=1S/C23H39N5O4/c1-5-24-10-12-25(6-2)14-16-27(17-15-26(7-3)13-11-24)22(23(29)30)21-18-20(28(31)32)9-8-19(21)4/h8-9,18,22H,5-7,10-17H2,1-4H3,(H,29,30). The fraction of sp³-hybridized carbons (Fsp3) is 0.696. The average Bonchev–Trinajstić information content (AvgIpc) is 2.76. The summed E-state index contributed by atoms with van der Waals surface area (Å²) in [4.78, 5) is 32.5. The summed E-state index contributed by atoms with van der Waals surface area (Å²) < 4.78 is 0. The maximum absolute atomic E-state index is 12.4. The molecule has 0 aliphatic carbocycles. The molecule has 1 heterocycles. The van der Waals surface area contributed by atoms with Crippen molar-refractivity contribution in [3.8, 4) is 0 Å². The van der Waals surface area contributed by atoms with Crippen LogP contribution in [0.25, 0.3) is 0 Å². The number of carbonyl (C=O) groups is 1. The van der Waals surface area contributed by atoms with Gasteiger partial charge in [0.05, 0.1) is 4.92 Å². The van der Waals surface area contributed by atoms with Crippen LogP contribution >= 0.6 is 0 Å². The molecule has 0 amide bonds. The number of nitro benzene ring substituents is 1. The molecular weight excluding hydrogens is 410 g/mol. The van der Waals surface area contributed by atoms with Crippen molar-refractivity contribution in [2.45, 2.75) is 33.7 Å². The molecule has 32 heavy (non-hydrogen) atoms. The first-order chi connectivity index (χ1) is 15.3. The fourth-order valence-electron chi connectivity index (χ4n) is 4.28. The van der Waals surface area contributed by atoms with Crippen molar-refractivity contribution in [3.05, 3.63) is 39.4 Å². The summed E-state index contributed by atoms with van der Waals surface area (Å²) in [5.41, 5.74) is 1.19. The third-order valence-corrected chi connectivity index (χ3v) is 6.58. The lowest BCUT2D eigenvalue weighted by molar-refractivity contribution is -0.385. The number of carboxylic acid groups (broad SMARTS) is 1. The van der Waals surface area contributed by atoms with Gasteiger partial charge in [-0.3, -0.25) is 19.8 Å². The van der Waals surface area contributed by atoms with Gasteiger partial charge in [-0.15, -0.1) is 0 Å². The SMILES string of the molecule is CCN1CCN(CC)CCN(C(C(=O)O)c2cc([N+](=O)[O-])ccc2C)CCN(CC)CC1. The second kappa shape index (κ2) is 12.8. The Labute approximate surface area is 191 Å². The van der Waals surface area contributed by atoms with Gasteiger partial charge >= 0.3 is 5.97 Å². The predicted octanol–water partition coefficient (Wildman–Crippen LogP) is 2.31. The normalized spacial score (nSPS) is 19.8. The highest BCUT2D eigenvalue weighted by atomic mass is 16.6. The van der Waals surface area contributed by atoms with E-state index in [0.717, 1.165) is 64.5 Å². The van der Waals surface area contributed by atoms with Gasteiger partial charge < -0.3 is 19.8 Å². The predicted molar refractivity (Wildman–Crippen MR) is 126 cm³/mol. The van der Waals surface area contributed by atoms with Crippen molar-refractivity contribution >= 4 is 11.7 Å². The Bertz CT molecular complexity index is 740. The quantitative estimate of drug-likeness (QED) is 0.501. The Hall–Kier alpha value is -2.07. The van der Waals surface area contributed by atoms with E-state index in [1.807, 2.05) is 11.8 Å². The Morgan fingerprint density at radius 1 is 0.938 bits per heavy atom. The Balaban J connectivity index is 2.35. The largest absolute Gasteiger partial charge is 0.480 e. The Kier molecular flexibility index (Phi) is 10.5. The van der Waals surface area contributed by atoms with Gasteiger partial charge in [0.2, 0.25) is 0 Å². The highest BCUT2D eigenvalue weighted by molar-refractivity contribution is 5.76. The van der Waals surface area contributed by atoms with Gasteiger partial charge in [0, 0.05) is 64.5 Å². The second-order valence-electron chi connectivity index (χ2n) is 8.38. The van der Waals surface area contributed by atoms with Crippen LogP contribution in [-0.2, 0) is 4.79 Å². The van der Waals surface area contributed by atoms with Gasteiger partial charge in [0.15, 0.2) is 0 Å². The first kappa shape index (κ1) is 26.2. The number of hydrogen-bond donors (Lipinski definition) is 1. The lowest BCUT2D eigenvalue weighted by Crippen LogP contribution is -2.47. The third kappa shape index (κ3) is 7.23. The summed E-state index contributed by atoms with van der Waals surface area (Å²) in [6.07, 6.45) is 0. The number of benzene rings is 1. The molecule has 1 aliphatic heterocycles. The van der Waals surface area contributed by atoms with Gasteiger partial charge in [0.25, 0.3) is 5.69 Å². The molecule has 0 saturated carbocycles. The number of hydrogen-bond acceptors (Lipinski definition) is 7. The van der Waals surface area contributed by atoms with E-state index in [9.17, 15) is 20.0 Å². The summed E-state index contributed by atoms with van der Waals surface area (Å²) in [6.45, 7) is 17.7. The van der Waals surface area contributed by atoms with Crippen molar-refractivity contribution in [1.82, 2.24) is 19.6 Å². The lowest BCUT2D eigenvalue weighted by atomic mass is 9.98. The number of nitrogens with zero attached hydrogens (tertiary/aromatic N) is 5. The zero-order chi connectivity index (χ0) is 23.7. The molecule has 1 unspecified atom stereocenters. The van der Waals surface area contributed by atoms with Gasteiger partial charge in [-0.2, -0.15) is 0 Å². The van der Waals surface area contributed by atoms with Crippen LogP contribution in [0.1, 0.15) is 37.9 Å². The van der Waals surface area contributed by atoms with Gasteiger partial charge in [-0.25, -0.2) is 0 Å². The summed E-state index contributed by atoms with van der Waals surface area (Å²) >= 11 is 0. The van der Waals surface area contributed by atoms with Crippen LogP contribution < -0.4 is 0 Å². The highest BCUT2D eigenvalue weighted by Gasteiger charge is 2.30. The van der Waals surface area contributed by atoms with Crippen LogP contribution in [0.15, 0.2) is 18.2 Å². The topological polar surface area (TPSA) is 93.4 Å². The molecule has 180 valence electrons. The molecule has 1 saturated heterocycles. The maximum atomic E-state index is 12.4. The number of nitro groups is 1. The summed E-state index contributed by atoms with van der Waals surface area (Å²) in [5.74, 6) is -0.969. The number of rotatable bonds is 7. The third-order valence-electron chi connectivity index (χ3n) is 6.58. The molecule has 2 rings (SSSR count). The first-order valence-electron chi connectivity index (χ1n) is 11.7. The van der Waals surface area contributed by atoms with Crippen molar-refractivity contribution in [2.24, 2.45) is 0 Å². The smallest absolute Gasteiger partial charge is 0.325 e. The number of carboxylic acids is 1. The molecule has 1 atom stereocenters. The van der Waals surface area contributed by atoms with Gasteiger partial charge in [-0.1, -0.05) is 26.8 Å². The highest BCUT2D eigenvalue weighted by Crippen LogP contribution is 2.28. The van der Waals surface area contributed by atoms with Crippen LogP contribution in [0.2, 0.25) is 0 Å². The summed E-state index contributed by atoms with van der Waals surface area (Å²) in [6, 6.07) is 3.60. The summed E-state index contributed by atoms with van der Waals surface area (Å²) in [5, 5.41) is 21.5. The molecule has 0 bridgehead atoms. The van der Waals surface area contributed by atoms with E-state index in [2.05, 4.69) is 35.5 Å². The lowest BCUT2D eigenvalue weighted by Gasteiger charge is -2.36. The Morgan fingerprint density at radius 2 is 1.38 bits per heavy atom. The molecule has 1 N–H and O–H groups in total. The average molecular weight is 450 g/mol. The molecule has 0 spiro atoms. The zero-order valence-electron chi connectivity index (χ0n) is 20.0. The first-order valence-corrected chi connectivity index (χ1v) is 11.7. The minimum absolute atomic E-state index is 0.0729. The fourth-order valence-corrected chi connectivity index (χ4v) is 4.28. The minimum Gasteiger partial charge on any atom is -0.480 e. The molecular formula is C23H39N5O4. The van der Waals surface area contributed by atoms with Gasteiger partial charge in [0.1, 0.15) is 6.04 Å². The van der Waals surface area contributed by atoms with Crippen molar-refractivity contribution in [2.75, 3.05) is 72.0 Å². The molecule has 0 aromatic heterocycles. The maximum Gasteiger partial charge on any atom is 0.325 e. The van der Waals surface area contributed by atoms with E-state index in [4.69, 9.17) is 0 Å². The Morgan fingerprint density at radius 3 is 1.75 bits per heavy atom. The summed E-state index contributed by atoms with van der Waals surface area (Å²) in [7, 11) is 0. The molecule has 1 aliphatic rings. The zero-order valence-corrected chi connectivity index (χ0v) is 20.0. The molecule has 0 radical (unpaired) electrons. The minimum atomic E-state index is -0.969. The van der Waals surface area contributed by atoms with Crippen molar-refractivity contribution in [3.63, 3.8) is 0 Å².